The Morgan fingerprint density at radius 2 is 2.20 bits per heavy atom. The minimum absolute atomic E-state index is 0.0644. The first-order valence-electron chi connectivity index (χ1n) is 4.52. The predicted molar refractivity (Wildman–Crippen MR) is 61.1 cm³/mol. The molecule has 0 amide bonds. The number of aromatic nitrogens is 1. The van der Waals surface area contributed by atoms with E-state index < -0.39 is 0 Å². The van der Waals surface area contributed by atoms with Crippen molar-refractivity contribution in [3.8, 4) is 0 Å². The number of rotatable bonds is 3. The number of carbonyl (C=O) groups excluding carboxylic acids is 1. The van der Waals surface area contributed by atoms with Crippen molar-refractivity contribution in [3.63, 3.8) is 0 Å². The lowest BCUT2D eigenvalue weighted by atomic mass is 10.1. The number of nitrogens with zero attached hydrogens (tertiary/aromatic N) is 2. The first-order chi connectivity index (χ1) is 7.02. The summed E-state index contributed by atoms with van der Waals surface area (Å²) in [6.07, 6.45) is 4.75. The number of pyridine rings is 1. The second-order valence-corrected chi connectivity index (χ2v) is 3.78. The van der Waals surface area contributed by atoms with Gasteiger partial charge in [-0.1, -0.05) is 11.6 Å². The molecule has 0 aliphatic rings. The molecule has 1 aromatic rings. The summed E-state index contributed by atoms with van der Waals surface area (Å²) in [6.45, 7) is 1.78. The largest absolute Gasteiger partial charge is 0.383 e. The summed E-state index contributed by atoms with van der Waals surface area (Å²) in [5.74, 6) is -0.0644. The fraction of sp³-hybridized carbons (Fsp3) is 0.273. The minimum atomic E-state index is -0.0644. The Morgan fingerprint density at radius 1 is 1.53 bits per heavy atom. The van der Waals surface area contributed by atoms with Gasteiger partial charge in [-0.15, -0.1) is 0 Å². The van der Waals surface area contributed by atoms with Crippen molar-refractivity contribution < 1.29 is 4.79 Å². The number of hydrogen-bond acceptors (Lipinski definition) is 3. The van der Waals surface area contributed by atoms with Crippen LogP contribution in [0.4, 0.5) is 0 Å². The zero-order valence-electron chi connectivity index (χ0n) is 8.99. The van der Waals surface area contributed by atoms with Gasteiger partial charge in [-0.2, -0.15) is 0 Å². The van der Waals surface area contributed by atoms with Crippen LogP contribution in [0.3, 0.4) is 0 Å². The number of allylic oxidation sites excluding steroid dienone is 1. The molecule has 0 bridgehead atoms. The average molecular weight is 225 g/mol. The summed E-state index contributed by atoms with van der Waals surface area (Å²) in [5, 5.41) is 0.374. The van der Waals surface area contributed by atoms with Gasteiger partial charge in [0.15, 0.2) is 5.78 Å². The van der Waals surface area contributed by atoms with Crippen LogP contribution in [0, 0.1) is 6.92 Å². The first-order valence-corrected chi connectivity index (χ1v) is 4.90. The molecule has 1 heterocycles. The summed E-state index contributed by atoms with van der Waals surface area (Å²) in [5.41, 5.74) is 1.31. The van der Waals surface area contributed by atoms with Gasteiger partial charge in [0.25, 0.3) is 0 Å². The van der Waals surface area contributed by atoms with Crippen LogP contribution in [0.15, 0.2) is 24.5 Å². The van der Waals surface area contributed by atoms with Gasteiger partial charge in [0, 0.05) is 38.1 Å². The lowest BCUT2D eigenvalue weighted by molar-refractivity contribution is 0.104. The van der Waals surface area contributed by atoms with Gasteiger partial charge in [0.1, 0.15) is 5.15 Å². The fourth-order valence-electron chi connectivity index (χ4n) is 1.08. The third-order valence-electron chi connectivity index (χ3n) is 1.93. The highest BCUT2D eigenvalue weighted by molar-refractivity contribution is 6.30. The summed E-state index contributed by atoms with van der Waals surface area (Å²) < 4.78 is 0. The Hall–Kier alpha value is -1.35. The number of halogens is 1. The van der Waals surface area contributed by atoms with Gasteiger partial charge in [-0.05, 0) is 18.6 Å². The van der Waals surface area contributed by atoms with Crippen LogP contribution < -0.4 is 0 Å². The van der Waals surface area contributed by atoms with Crippen LogP contribution >= 0.6 is 11.6 Å². The van der Waals surface area contributed by atoms with E-state index in [1.54, 1.807) is 24.1 Å². The molecule has 0 atom stereocenters. The van der Waals surface area contributed by atoms with Crippen molar-refractivity contribution >= 4 is 17.4 Å². The molecule has 0 saturated heterocycles. The van der Waals surface area contributed by atoms with Crippen molar-refractivity contribution in [2.45, 2.75) is 6.92 Å². The van der Waals surface area contributed by atoms with Crippen LogP contribution in [0.25, 0.3) is 0 Å². The van der Waals surface area contributed by atoms with Gasteiger partial charge in [-0.3, -0.25) is 4.79 Å². The lowest BCUT2D eigenvalue weighted by Crippen LogP contribution is -2.04. The normalized spacial score (nSPS) is 10.7. The van der Waals surface area contributed by atoms with E-state index in [9.17, 15) is 4.79 Å². The van der Waals surface area contributed by atoms with Crippen molar-refractivity contribution in [1.29, 1.82) is 0 Å². The summed E-state index contributed by atoms with van der Waals surface area (Å²) >= 11 is 5.82. The molecule has 15 heavy (non-hydrogen) atoms. The Kier molecular flexibility index (Phi) is 3.86. The molecule has 0 aromatic carbocycles. The van der Waals surface area contributed by atoms with Crippen LogP contribution in [0.5, 0.6) is 0 Å². The zero-order valence-corrected chi connectivity index (χ0v) is 9.75. The van der Waals surface area contributed by atoms with Crippen molar-refractivity contribution in [2.75, 3.05) is 14.1 Å². The maximum atomic E-state index is 11.7. The second-order valence-electron chi connectivity index (χ2n) is 3.42. The van der Waals surface area contributed by atoms with E-state index in [0.29, 0.717) is 16.3 Å². The van der Waals surface area contributed by atoms with E-state index in [2.05, 4.69) is 4.98 Å². The molecule has 0 fully saturated rings. The van der Waals surface area contributed by atoms with Gasteiger partial charge in [0.2, 0.25) is 0 Å². The topological polar surface area (TPSA) is 33.2 Å². The summed E-state index contributed by atoms with van der Waals surface area (Å²) in [7, 11) is 3.71. The second kappa shape index (κ2) is 4.94. The van der Waals surface area contributed by atoms with Crippen LogP contribution in [0.1, 0.15) is 15.9 Å². The predicted octanol–water partition coefficient (Wildman–Crippen LogP) is 2.30. The maximum Gasteiger partial charge on any atom is 0.187 e. The molecule has 1 rings (SSSR count). The van der Waals surface area contributed by atoms with Gasteiger partial charge in [-0.25, -0.2) is 4.98 Å². The summed E-state index contributed by atoms with van der Waals surface area (Å²) in [4.78, 5) is 17.4. The highest BCUT2D eigenvalue weighted by Crippen LogP contribution is 2.16. The van der Waals surface area contributed by atoms with Crippen molar-refractivity contribution in [1.82, 2.24) is 9.88 Å². The van der Waals surface area contributed by atoms with Crippen LogP contribution in [-0.4, -0.2) is 29.8 Å². The molecule has 3 nitrogen and oxygen atoms in total. The zero-order chi connectivity index (χ0) is 11.4. The molecular weight excluding hydrogens is 212 g/mol. The highest BCUT2D eigenvalue weighted by Gasteiger charge is 2.08. The van der Waals surface area contributed by atoms with Crippen molar-refractivity contribution in [2.24, 2.45) is 0 Å². The molecular formula is C11H13ClN2O. The Balaban J connectivity index is 2.97. The maximum absolute atomic E-state index is 11.7. The SMILES string of the molecule is Cc1c(C(=O)/C=C/N(C)C)ccnc1Cl. The van der Waals surface area contributed by atoms with E-state index in [0.717, 1.165) is 0 Å². The number of ketones is 1. The van der Waals surface area contributed by atoms with E-state index in [4.69, 9.17) is 11.6 Å². The molecule has 0 unspecified atom stereocenters. The molecule has 0 spiro atoms. The third-order valence-corrected chi connectivity index (χ3v) is 2.31. The molecule has 4 heteroatoms. The van der Waals surface area contributed by atoms with Crippen LogP contribution in [-0.2, 0) is 0 Å². The number of carbonyl (C=O) groups is 1. The third kappa shape index (κ3) is 3.06. The molecule has 0 aliphatic carbocycles. The lowest BCUT2D eigenvalue weighted by Gasteiger charge is -2.05. The Labute approximate surface area is 94.4 Å². The van der Waals surface area contributed by atoms with E-state index in [-0.39, 0.29) is 5.78 Å². The number of hydrogen-bond donors (Lipinski definition) is 0. The Morgan fingerprint density at radius 3 is 2.80 bits per heavy atom. The Bertz CT molecular complexity index is 400. The molecule has 0 aliphatic heterocycles. The molecule has 80 valence electrons. The first kappa shape index (κ1) is 11.7. The van der Waals surface area contributed by atoms with E-state index in [1.807, 2.05) is 14.1 Å². The van der Waals surface area contributed by atoms with Crippen LogP contribution in [0.2, 0.25) is 5.15 Å². The fourth-order valence-corrected chi connectivity index (χ4v) is 1.24. The quantitative estimate of drug-likeness (QED) is 0.449. The molecule has 0 N–H and O–H groups in total. The molecule has 1 aromatic heterocycles. The van der Waals surface area contributed by atoms with Crippen molar-refractivity contribution in [3.05, 3.63) is 40.8 Å². The average Bonchev–Trinajstić information content (AvgIpc) is 2.18. The van der Waals surface area contributed by atoms with Gasteiger partial charge in [0.05, 0.1) is 0 Å². The smallest absolute Gasteiger partial charge is 0.187 e. The van der Waals surface area contributed by atoms with E-state index in [1.165, 1.54) is 12.3 Å². The standard InChI is InChI=1S/C11H13ClN2O/c1-8-9(4-6-13-11(8)12)10(15)5-7-14(2)3/h4-7H,1-3H3/b7-5+. The molecule has 0 saturated carbocycles. The van der Waals surface area contributed by atoms with Gasteiger partial charge >= 0.3 is 0 Å². The molecule has 0 radical (unpaired) electrons. The van der Waals surface area contributed by atoms with Gasteiger partial charge < -0.3 is 4.90 Å². The summed E-state index contributed by atoms with van der Waals surface area (Å²) in [6, 6.07) is 1.67. The van der Waals surface area contributed by atoms with E-state index >= 15 is 0 Å². The highest BCUT2D eigenvalue weighted by atomic mass is 35.5. The minimum Gasteiger partial charge on any atom is -0.383 e. The monoisotopic (exact) mass is 224 g/mol.